The molecule has 0 fully saturated rings. The highest BCUT2D eigenvalue weighted by atomic mass is 16.2. The van der Waals surface area contributed by atoms with E-state index in [0.29, 0.717) is 18.7 Å². The maximum Gasteiger partial charge on any atom is 0.319 e. The molecular weight excluding hydrogens is 364 g/mol. The Kier molecular flexibility index (Phi) is 8.13. The largest absolute Gasteiger partial charge is 0.377 e. The summed E-state index contributed by atoms with van der Waals surface area (Å²) in [7, 11) is 3.96. The molecule has 0 unspecified atom stereocenters. The molecule has 0 aliphatic rings. The molecular formula is C23H40N4O2. The molecule has 29 heavy (non-hydrogen) atoms. The summed E-state index contributed by atoms with van der Waals surface area (Å²) in [4.78, 5) is 29.1. The van der Waals surface area contributed by atoms with E-state index >= 15 is 0 Å². The minimum Gasteiger partial charge on any atom is -0.377 e. The average molecular weight is 405 g/mol. The first-order chi connectivity index (χ1) is 13.1. The van der Waals surface area contributed by atoms with Gasteiger partial charge in [-0.2, -0.15) is 0 Å². The summed E-state index contributed by atoms with van der Waals surface area (Å²) >= 11 is 0. The minimum absolute atomic E-state index is 0.0664. The topological polar surface area (TPSA) is 64.7 Å². The fraction of sp³-hybridized carbons (Fsp3) is 0.652. The zero-order valence-corrected chi connectivity index (χ0v) is 19.9. The summed E-state index contributed by atoms with van der Waals surface area (Å²) in [5.41, 5.74) is 2.35. The smallest absolute Gasteiger partial charge is 0.319 e. The summed E-state index contributed by atoms with van der Waals surface area (Å²) in [6.07, 6.45) is 0.494. The Labute approximate surface area is 177 Å². The molecule has 3 amide bonds. The molecule has 0 aromatic heterocycles. The van der Waals surface area contributed by atoms with Crippen LogP contribution in [0.3, 0.4) is 0 Å². The van der Waals surface area contributed by atoms with Crippen molar-refractivity contribution in [3.05, 3.63) is 23.8 Å². The van der Waals surface area contributed by atoms with Crippen molar-refractivity contribution in [1.29, 1.82) is 0 Å². The molecule has 6 heteroatoms. The van der Waals surface area contributed by atoms with Crippen LogP contribution < -0.4 is 15.5 Å². The van der Waals surface area contributed by atoms with Crippen molar-refractivity contribution in [3.8, 4) is 0 Å². The van der Waals surface area contributed by atoms with Gasteiger partial charge in [-0.25, -0.2) is 4.79 Å². The highest BCUT2D eigenvalue weighted by Crippen LogP contribution is 2.27. The summed E-state index contributed by atoms with van der Waals surface area (Å²) in [5.74, 6) is 0.140. The first kappa shape index (κ1) is 24.8. The predicted molar refractivity (Wildman–Crippen MR) is 122 cm³/mol. The number of hydrogen-bond donors (Lipinski definition) is 2. The number of nitrogens with one attached hydrogen (secondary N) is 2. The number of carbonyl (C=O) groups is 2. The van der Waals surface area contributed by atoms with Gasteiger partial charge in [0.05, 0.1) is 0 Å². The van der Waals surface area contributed by atoms with Crippen LogP contribution in [0.1, 0.15) is 67.4 Å². The number of rotatable bonds is 6. The Morgan fingerprint density at radius 1 is 1.03 bits per heavy atom. The number of amides is 3. The highest BCUT2D eigenvalue weighted by molar-refractivity contribution is 5.90. The van der Waals surface area contributed by atoms with Crippen molar-refractivity contribution < 1.29 is 9.59 Å². The quantitative estimate of drug-likeness (QED) is 0.713. The van der Waals surface area contributed by atoms with Crippen LogP contribution in [0.2, 0.25) is 0 Å². The van der Waals surface area contributed by atoms with Crippen LogP contribution in [0, 0.1) is 5.41 Å². The van der Waals surface area contributed by atoms with Gasteiger partial charge in [-0.15, -0.1) is 0 Å². The Balaban J connectivity index is 3.15. The third-order valence-corrected chi connectivity index (χ3v) is 4.27. The normalized spacial score (nSPS) is 12.0. The molecule has 164 valence electrons. The first-order valence-corrected chi connectivity index (χ1v) is 10.3. The minimum atomic E-state index is -0.315. The molecule has 0 aliphatic carbocycles. The van der Waals surface area contributed by atoms with Gasteiger partial charge in [0.2, 0.25) is 5.91 Å². The van der Waals surface area contributed by atoms with Gasteiger partial charge in [0, 0.05) is 50.0 Å². The second kappa shape index (κ2) is 9.51. The highest BCUT2D eigenvalue weighted by Gasteiger charge is 2.24. The fourth-order valence-electron chi connectivity index (χ4n) is 3.03. The number of hydrogen-bond acceptors (Lipinski definition) is 3. The maximum absolute atomic E-state index is 12.9. The lowest BCUT2D eigenvalue weighted by atomic mass is 9.91. The molecule has 0 saturated heterocycles. The van der Waals surface area contributed by atoms with Gasteiger partial charge in [0.1, 0.15) is 0 Å². The summed E-state index contributed by atoms with van der Waals surface area (Å²) in [6.45, 7) is 16.6. The number of anilines is 2. The van der Waals surface area contributed by atoms with Crippen molar-refractivity contribution in [3.63, 3.8) is 0 Å². The van der Waals surface area contributed by atoms with Gasteiger partial charge in [0.15, 0.2) is 0 Å². The zero-order chi connectivity index (χ0) is 22.6. The van der Waals surface area contributed by atoms with E-state index in [9.17, 15) is 9.59 Å². The van der Waals surface area contributed by atoms with Crippen LogP contribution in [-0.2, 0) is 11.3 Å². The van der Waals surface area contributed by atoms with Crippen molar-refractivity contribution >= 4 is 23.3 Å². The fourth-order valence-corrected chi connectivity index (χ4v) is 3.03. The number of benzene rings is 1. The van der Waals surface area contributed by atoms with E-state index in [2.05, 4.69) is 31.4 Å². The van der Waals surface area contributed by atoms with Crippen molar-refractivity contribution in [2.24, 2.45) is 5.41 Å². The molecule has 6 nitrogen and oxygen atoms in total. The SMILES string of the molecule is CC(C)N(Cc1cc(NC(=O)NC(C)(C)C)ccc1N(C)C)C(=O)CC(C)(C)C. The lowest BCUT2D eigenvalue weighted by Crippen LogP contribution is -2.43. The molecule has 0 heterocycles. The van der Waals surface area contributed by atoms with Gasteiger partial charge in [0.25, 0.3) is 0 Å². The second-order valence-corrected chi connectivity index (χ2v) is 10.4. The summed E-state index contributed by atoms with van der Waals surface area (Å²) < 4.78 is 0. The molecule has 0 spiro atoms. The zero-order valence-electron chi connectivity index (χ0n) is 19.9. The van der Waals surface area contributed by atoms with Crippen LogP contribution in [0.5, 0.6) is 0 Å². The summed E-state index contributed by atoms with van der Waals surface area (Å²) in [6, 6.07) is 5.66. The molecule has 0 saturated carbocycles. The predicted octanol–water partition coefficient (Wildman–Crippen LogP) is 4.85. The molecule has 2 N–H and O–H groups in total. The van der Waals surface area contributed by atoms with Crippen molar-refractivity contribution in [1.82, 2.24) is 10.2 Å². The van der Waals surface area contributed by atoms with Crippen LogP contribution in [0.15, 0.2) is 18.2 Å². The monoisotopic (exact) mass is 404 g/mol. The standard InChI is InChI=1S/C23H40N4O2/c1-16(2)27(20(28)14-22(3,4)5)15-17-13-18(11-12-19(17)26(9)10)24-21(29)25-23(6,7)8/h11-13,16H,14-15H2,1-10H3,(H2,24,25,29). The Morgan fingerprint density at radius 3 is 2.07 bits per heavy atom. The van der Waals surface area contributed by atoms with E-state index in [4.69, 9.17) is 0 Å². The lowest BCUT2D eigenvalue weighted by molar-refractivity contribution is -0.135. The molecule has 0 bridgehead atoms. The number of carbonyl (C=O) groups excluding carboxylic acids is 2. The number of urea groups is 1. The van der Waals surface area contributed by atoms with Crippen molar-refractivity contribution in [2.75, 3.05) is 24.3 Å². The van der Waals surface area contributed by atoms with Gasteiger partial charge >= 0.3 is 6.03 Å². The molecule has 0 radical (unpaired) electrons. The lowest BCUT2D eigenvalue weighted by Gasteiger charge is -2.31. The van der Waals surface area contributed by atoms with E-state index in [-0.39, 0.29) is 28.9 Å². The summed E-state index contributed by atoms with van der Waals surface area (Å²) in [5, 5.41) is 5.81. The first-order valence-electron chi connectivity index (χ1n) is 10.3. The molecule has 1 aromatic rings. The van der Waals surface area contributed by atoms with Crippen LogP contribution in [-0.4, -0.2) is 42.5 Å². The molecule has 0 atom stereocenters. The van der Waals surface area contributed by atoms with E-state index < -0.39 is 0 Å². The third kappa shape index (κ3) is 8.75. The van der Waals surface area contributed by atoms with Gasteiger partial charge in [-0.05, 0) is 63.8 Å². The second-order valence-electron chi connectivity index (χ2n) is 10.4. The van der Waals surface area contributed by atoms with Crippen LogP contribution in [0.4, 0.5) is 16.2 Å². The van der Waals surface area contributed by atoms with Crippen LogP contribution >= 0.6 is 0 Å². The number of nitrogens with zero attached hydrogens (tertiary/aromatic N) is 2. The van der Waals surface area contributed by atoms with E-state index in [1.165, 1.54) is 0 Å². The van der Waals surface area contributed by atoms with Gasteiger partial charge in [-0.1, -0.05) is 20.8 Å². The molecule has 1 rings (SSSR count). The van der Waals surface area contributed by atoms with Gasteiger partial charge in [-0.3, -0.25) is 4.79 Å². The Morgan fingerprint density at radius 2 is 1.62 bits per heavy atom. The van der Waals surface area contributed by atoms with Gasteiger partial charge < -0.3 is 20.4 Å². The average Bonchev–Trinajstić information content (AvgIpc) is 2.48. The third-order valence-electron chi connectivity index (χ3n) is 4.27. The van der Waals surface area contributed by atoms with Crippen molar-refractivity contribution in [2.45, 2.75) is 79.9 Å². The van der Waals surface area contributed by atoms with Crippen LogP contribution in [0.25, 0.3) is 0 Å². The van der Waals surface area contributed by atoms with E-state index in [1.807, 2.05) is 76.7 Å². The van der Waals surface area contributed by atoms with E-state index in [1.54, 1.807) is 0 Å². The Bertz CT molecular complexity index is 713. The molecule has 0 aliphatic heterocycles. The van der Waals surface area contributed by atoms with E-state index in [0.717, 1.165) is 11.3 Å². The molecule has 1 aromatic carbocycles. The maximum atomic E-state index is 12.9. The Hall–Kier alpha value is -2.24.